The van der Waals surface area contributed by atoms with Gasteiger partial charge in [0, 0.05) is 11.3 Å². The standard InChI is InChI=1S/C8H11N3O2S/c1-3-13-7(12)6(2)4-14-8-9-5-10-11-8/h5H,2-4H2,1H3,(H,9,10,11). The molecule has 0 aliphatic carbocycles. The zero-order chi connectivity index (χ0) is 10.4. The van der Waals surface area contributed by atoms with Gasteiger partial charge in [-0.15, -0.1) is 0 Å². The fourth-order valence-electron chi connectivity index (χ4n) is 0.711. The van der Waals surface area contributed by atoms with Crippen molar-refractivity contribution in [3.63, 3.8) is 0 Å². The lowest BCUT2D eigenvalue weighted by molar-refractivity contribution is -0.138. The number of thioether (sulfide) groups is 1. The summed E-state index contributed by atoms with van der Waals surface area (Å²) in [5.41, 5.74) is 0.424. The average Bonchev–Trinajstić information content (AvgIpc) is 2.67. The van der Waals surface area contributed by atoms with E-state index in [4.69, 9.17) is 4.74 Å². The van der Waals surface area contributed by atoms with E-state index in [0.717, 1.165) is 0 Å². The lowest BCUT2D eigenvalue weighted by atomic mass is 10.4. The molecule has 0 aromatic carbocycles. The van der Waals surface area contributed by atoms with Crippen LogP contribution in [-0.4, -0.2) is 33.5 Å². The van der Waals surface area contributed by atoms with Crippen LogP contribution in [0.3, 0.4) is 0 Å². The Morgan fingerprint density at radius 3 is 3.14 bits per heavy atom. The van der Waals surface area contributed by atoms with Gasteiger partial charge in [0.05, 0.1) is 6.61 Å². The Labute approximate surface area is 85.9 Å². The zero-order valence-corrected chi connectivity index (χ0v) is 8.63. The quantitative estimate of drug-likeness (QED) is 0.449. The molecule has 0 amide bonds. The molecule has 5 nitrogen and oxygen atoms in total. The van der Waals surface area contributed by atoms with Gasteiger partial charge in [-0.3, -0.25) is 5.10 Å². The fraction of sp³-hybridized carbons (Fsp3) is 0.375. The van der Waals surface area contributed by atoms with Crippen LogP contribution in [0.25, 0.3) is 0 Å². The molecule has 0 radical (unpaired) electrons. The van der Waals surface area contributed by atoms with Gasteiger partial charge in [0.2, 0.25) is 0 Å². The normalized spacial score (nSPS) is 9.79. The Balaban J connectivity index is 2.31. The van der Waals surface area contributed by atoms with Crippen molar-refractivity contribution in [2.75, 3.05) is 12.4 Å². The van der Waals surface area contributed by atoms with E-state index in [0.29, 0.717) is 23.1 Å². The summed E-state index contributed by atoms with van der Waals surface area (Å²) in [6, 6.07) is 0. The number of nitrogens with zero attached hydrogens (tertiary/aromatic N) is 2. The summed E-state index contributed by atoms with van der Waals surface area (Å²) in [6.45, 7) is 5.74. The van der Waals surface area contributed by atoms with E-state index < -0.39 is 0 Å². The largest absolute Gasteiger partial charge is 0.463 e. The van der Waals surface area contributed by atoms with E-state index in [-0.39, 0.29) is 5.97 Å². The van der Waals surface area contributed by atoms with Crippen LogP contribution in [0.1, 0.15) is 6.92 Å². The van der Waals surface area contributed by atoms with Gasteiger partial charge in [0.15, 0.2) is 5.16 Å². The molecule has 0 atom stereocenters. The Hall–Kier alpha value is -1.30. The SMILES string of the molecule is C=C(CSc1ncn[nH]1)C(=O)OCC. The van der Waals surface area contributed by atoms with Crippen LogP contribution < -0.4 is 0 Å². The van der Waals surface area contributed by atoms with Crippen LogP contribution in [0.4, 0.5) is 0 Å². The molecule has 0 fully saturated rings. The third kappa shape index (κ3) is 3.21. The number of esters is 1. The van der Waals surface area contributed by atoms with Gasteiger partial charge in [0.25, 0.3) is 0 Å². The topological polar surface area (TPSA) is 67.9 Å². The number of carbonyl (C=O) groups is 1. The van der Waals surface area contributed by atoms with E-state index in [2.05, 4.69) is 21.8 Å². The van der Waals surface area contributed by atoms with Crippen molar-refractivity contribution in [2.24, 2.45) is 0 Å². The van der Waals surface area contributed by atoms with Gasteiger partial charge in [-0.2, -0.15) is 5.10 Å². The number of nitrogens with one attached hydrogen (secondary N) is 1. The highest BCUT2D eigenvalue weighted by molar-refractivity contribution is 7.99. The molecule has 0 saturated carbocycles. The van der Waals surface area contributed by atoms with E-state index in [1.165, 1.54) is 18.1 Å². The molecular weight excluding hydrogens is 202 g/mol. The van der Waals surface area contributed by atoms with Crippen molar-refractivity contribution in [1.82, 2.24) is 15.2 Å². The highest BCUT2D eigenvalue weighted by atomic mass is 32.2. The van der Waals surface area contributed by atoms with Crippen LogP contribution in [0.15, 0.2) is 23.6 Å². The van der Waals surface area contributed by atoms with Gasteiger partial charge in [-0.25, -0.2) is 9.78 Å². The number of aromatic nitrogens is 3. The smallest absolute Gasteiger partial charge is 0.334 e. The molecule has 0 aliphatic heterocycles. The summed E-state index contributed by atoms with van der Waals surface area (Å²) in [5.74, 6) is 0.0908. The van der Waals surface area contributed by atoms with E-state index in [1.54, 1.807) is 6.92 Å². The predicted molar refractivity (Wildman–Crippen MR) is 52.9 cm³/mol. The van der Waals surface area contributed by atoms with Gasteiger partial charge in [-0.1, -0.05) is 18.3 Å². The van der Waals surface area contributed by atoms with Crippen molar-refractivity contribution >= 4 is 17.7 Å². The maximum Gasteiger partial charge on any atom is 0.334 e. The van der Waals surface area contributed by atoms with Crippen LogP contribution in [-0.2, 0) is 9.53 Å². The molecule has 0 spiro atoms. The second-order valence-electron chi connectivity index (χ2n) is 2.40. The van der Waals surface area contributed by atoms with Gasteiger partial charge in [0.1, 0.15) is 6.33 Å². The third-order valence-electron chi connectivity index (χ3n) is 1.34. The van der Waals surface area contributed by atoms with Crippen LogP contribution >= 0.6 is 11.8 Å². The first kappa shape index (κ1) is 10.8. The van der Waals surface area contributed by atoms with E-state index in [9.17, 15) is 4.79 Å². The number of hydrogen-bond donors (Lipinski definition) is 1. The molecule has 14 heavy (non-hydrogen) atoms. The Morgan fingerprint density at radius 1 is 1.79 bits per heavy atom. The van der Waals surface area contributed by atoms with Crippen molar-refractivity contribution < 1.29 is 9.53 Å². The molecule has 0 aliphatic rings. The highest BCUT2D eigenvalue weighted by Gasteiger charge is 2.08. The molecule has 0 bridgehead atoms. The first-order valence-corrected chi connectivity index (χ1v) is 5.05. The second-order valence-corrected chi connectivity index (χ2v) is 3.37. The molecule has 0 saturated heterocycles. The molecule has 1 aromatic rings. The molecule has 0 unspecified atom stereocenters. The van der Waals surface area contributed by atoms with E-state index >= 15 is 0 Å². The molecule has 6 heteroatoms. The number of hydrogen-bond acceptors (Lipinski definition) is 5. The predicted octanol–water partition coefficient (Wildman–Crippen LogP) is 1.02. The Bertz CT molecular complexity index is 310. The summed E-state index contributed by atoms with van der Waals surface area (Å²) in [6.07, 6.45) is 1.41. The van der Waals surface area contributed by atoms with E-state index in [1.807, 2.05) is 0 Å². The average molecular weight is 213 g/mol. The summed E-state index contributed by atoms with van der Waals surface area (Å²) in [5, 5.41) is 7.01. The maximum atomic E-state index is 11.1. The summed E-state index contributed by atoms with van der Waals surface area (Å²) in [7, 11) is 0. The lowest BCUT2D eigenvalue weighted by Crippen LogP contribution is -2.08. The second kappa shape index (κ2) is 5.43. The zero-order valence-electron chi connectivity index (χ0n) is 7.82. The van der Waals surface area contributed by atoms with Gasteiger partial charge < -0.3 is 4.74 Å². The van der Waals surface area contributed by atoms with Crippen molar-refractivity contribution in [3.05, 3.63) is 18.5 Å². The minimum absolute atomic E-state index is 0.362. The van der Waals surface area contributed by atoms with Crippen LogP contribution in [0, 0.1) is 0 Å². The number of ether oxygens (including phenoxy) is 1. The lowest BCUT2D eigenvalue weighted by Gasteiger charge is -2.02. The number of aromatic amines is 1. The first-order valence-electron chi connectivity index (χ1n) is 4.07. The van der Waals surface area contributed by atoms with Gasteiger partial charge >= 0.3 is 5.97 Å². The minimum atomic E-state index is -0.362. The number of rotatable bonds is 5. The maximum absolute atomic E-state index is 11.1. The summed E-state index contributed by atoms with van der Waals surface area (Å²) < 4.78 is 4.78. The van der Waals surface area contributed by atoms with Crippen molar-refractivity contribution in [3.8, 4) is 0 Å². The molecular formula is C8H11N3O2S. The minimum Gasteiger partial charge on any atom is -0.463 e. The van der Waals surface area contributed by atoms with Crippen LogP contribution in [0.2, 0.25) is 0 Å². The molecule has 1 N–H and O–H groups in total. The van der Waals surface area contributed by atoms with Crippen molar-refractivity contribution in [2.45, 2.75) is 12.1 Å². The number of H-pyrrole nitrogens is 1. The first-order chi connectivity index (χ1) is 6.74. The molecule has 76 valence electrons. The Kier molecular flexibility index (Phi) is 4.18. The van der Waals surface area contributed by atoms with Crippen LogP contribution in [0.5, 0.6) is 0 Å². The third-order valence-corrected chi connectivity index (χ3v) is 2.30. The summed E-state index contributed by atoms with van der Waals surface area (Å²) in [4.78, 5) is 15.0. The highest BCUT2D eigenvalue weighted by Crippen LogP contribution is 2.14. The monoisotopic (exact) mass is 213 g/mol. The number of carbonyl (C=O) groups excluding carboxylic acids is 1. The fourth-order valence-corrected chi connectivity index (χ4v) is 1.38. The van der Waals surface area contributed by atoms with Gasteiger partial charge in [-0.05, 0) is 6.92 Å². The Morgan fingerprint density at radius 2 is 2.57 bits per heavy atom. The molecule has 1 aromatic heterocycles. The molecule has 1 heterocycles. The molecule has 1 rings (SSSR count). The summed E-state index contributed by atoms with van der Waals surface area (Å²) >= 11 is 1.36. The van der Waals surface area contributed by atoms with Crippen molar-refractivity contribution in [1.29, 1.82) is 0 Å².